The van der Waals surface area contributed by atoms with Gasteiger partial charge in [-0.1, -0.05) is 28.1 Å². The number of hydrogen-bond donors (Lipinski definition) is 1. The fourth-order valence-corrected chi connectivity index (χ4v) is 1.51. The van der Waals surface area contributed by atoms with E-state index < -0.39 is 6.09 Å². The molecule has 4 heteroatoms. The van der Waals surface area contributed by atoms with E-state index >= 15 is 0 Å². The zero-order chi connectivity index (χ0) is 10.6. The molecular weight excluding hydrogens is 246 g/mol. The van der Waals surface area contributed by atoms with Crippen molar-refractivity contribution in [2.75, 3.05) is 7.11 Å². The second-order valence-electron chi connectivity index (χ2n) is 2.91. The highest BCUT2D eigenvalue weighted by molar-refractivity contribution is 9.10. The number of hydrogen-bond acceptors (Lipinski definition) is 2. The van der Waals surface area contributed by atoms with Crippen molar-refractivity contribution >= 4 is 22.0 Å². The Labute approximate surface area is 91.6 Å². The van der Waals surface area contributed by atoms with Crippen LogP contribution in [0.3, 0.4) is 0 Å². The number of benzene rings is 1. The normalized spacial score (nSPS) is 11.9. The van der Waals surface area contributed by atoms with E-state index in [0.29, 0.717) is 0 Å². The van der Waals surface area contributed by atoms with Crippen LogP contribution in [0.25, 0.3) is 0 Å². The topological polar surface area (TPSA) is 38.3 Å². The van der Waals surface area contributed by atoms with Gasteiger partial charge in [-0.3, -0.25) is 0 Å². The molecule has 1 aromatic rings. The highest BCUT2D eigenvalue weighted by atomic mass is 79.9. The summed E-state index contributed by atoms with van der Waals surface area (Å²) in [5.74, 6) is 0. The van der Waals surface area contributed by atoms with Gasteiger partial charge in [-0.25, -0.2) is 4.79 Å². The van der Waals surface area contributed by atoms with E-state index in [-0.39, 0.29) is 6.04 Å². The van der Waals surface area contributed by atoms with E-state index in [9.17, 15) is 4.79 Å². The van der Waals surface area contributed by atoms with Gasteiger partial charge in [-0.15, -0.1) is 0 Å². The maximum Gasteiger partial charge on any atom is 0.407 e. The van der Waals surface area contributed by atoms with Gasteiger partial charge in [0.05, 0.1) is 13.2 Å². The number of methoxy groups -OCH3 is 1. The van der Waals surface area contributed by atoms with Gasteiger partial charge >= 0.3 is 6.09 Å². The molecule has 0 aliphatic heterocycles. The van der Waals surface area contributed by atoms with Crippen LogP contribution in [0.5, 0.6) is 0 Å². The first-order chi connectivity index (χ1) is 6.63. The van der Waals surface area contributed by atoms with Crippen molar-refractivity contribution < 1.29 is 9.53 Å². The lowest BCUT2D eigenvalue weighted by Crippen LogP contribution is -2.26. The number of carbonyl (C=O) groups excluding carboxylic acids is 1. The smallest absolute Gasteiger partial charge is 0.407 e. The van der Waals surface area contributed by atoms with E-state index in [1.54, 1.807) is 0 Å². The van der Waals surface area contributed by atoms with Gasteiger partial charge in [0.25, 0.3) is 0 Å². The molecule has 1 atom stereocenters. The first kappa shape index (κ1) is 11.0. The van der Waals surface area contributed by atoms with E-state index in [1.807, 2.05) is 31.2 Å². The third-order valence-corrected chi connectivity index (χ3v) is 2.36. The Hall–Kier alpha value is -1.03. The molecule has 1 amide bonds. The fourth-order valence-electron chi connectivity index (χ4n) is 1.09. The summed E-state index contributed by atoms with van der Waals surface area (Å²) in [6.45, 7) is 1.90. The summed E-state index contributed by atoms with van der Waals surface area (Å²) in [5.41, 5.74) is 1.03. The zero-order valence-corrected chi connectivity index (χ0v) is 9.67. The van der Waals surface area contributed by atoms with Crippen molar-refractivity contribution in [2.24, 2.45) is 0 Å². The number of halogens is 1. The van der Waals surface area contributed by atoms with Crippen molar-refractivity contribution in [3.05, 3.63) is 34.3 Å². The van der Waals surface area contributed by atoms with Crippen LogP contribution in [-0.2, 0) is 4.74 Å². The third kappa shape index (κ3) is 3.03. The van der Waals surface area contributed by atoms with Crippen molar-refractivity contribution in [2.45, 2.75) is 13.0 Å². The molecule has 0 spiro atoms. The quantitative estimate of drug-likeness (QED) is 0.885. The lowest BCUT2D eigenvalue weighted by Gasteiger charge is -2.13. The predicted molar refractivity (Wildman–Crippen MR) is 58.1 cm³/mol. The monoisotopic (exact) mass is 257 g/mol. The largest absolute Gasteiger partial charge is 0.453 e. The van der Waals surface area contributed by atoms with Gasteiger partial charge in [-0.2, -0.15) is 0 Å². The lowest BCUT2D eigenvalue weighted by atomic mass is 10.1. The Balaban J connectivity index is 2.69. The van der Waals surface area contributed by atoms with E-state index in [4.69, 9.17) is 0 Å². The van der Waals surface area contributed by atoms with Crippen LogP contribution in [0.2, 0.25) is 0 Å². The zero-order valence-electron chi connectivity index (χ0n) is 8.08. The van der Waals surface area contributed by atoms with E-state index in [0.717, 1.165) is 10.0 Å². The van der Waals surface area contributed by atoms with Crippen molar-refractivity contribution in [1.29, 1.82) is 0 Å². The maximum absolute atomic E-state index is 10.9. The first-order valence-corrected chi connectivity index (χ1v) is 5.02. The van der Waals surface area contributed by atoms with Crippen LogP contribution in [-0.4, -0.2) is 13.2 Å². The molecule has 0 bridgehead atoms. The third-order valence-electron chi connectivity index (χ3n) is 1.87. The summed E-state index contributed by atoms with van der Waals surface area (Å²) >= 11 is 3.37. The van der Waals surface area contributed by atoms with Gasteiger partial charge in [-0.05, 0) is 24.6 Å². The van der Waals surface area contributed by atoms with Crippen LogP contribution in [0, 0.1) is 0 Å². The summed E-state index contributed by atoms with van der Waals surface area (Å²) in [7, 11) is 1.35. The predicted octanol–water partition coefficient (Wildman–Crippen LogP) is 2.87. The number of nitrogens with one attached hydrogen (secondary N) is 1. The van der Waals surface area contributed by atoms with Crippen molar-refractivity contribution in [3.8, 4) is 0 Å². The molecule has 1 rings (SSSR count). The molecule has 14 heavy (non-hydrogen) atoms. The van der Waals surface area contributed by atoms with E-state index in [1.165, 1.54) is 7.11 Å². The number of amides is 1. The molecule has 0 fully saturated rings. The second kappa shape index (κ2) is 5.00. The average molecular weight is 258 g/mol. The van der Waals surface area contributed by atoms with Crippen LogP contribution in [0.1, 0.15) is 18.5 Å². The lowest BCUT2D eigenvalue weighted by molar-refractivity contribution is 0.167. The summed E-state index contributed by atoms with van der Waals surface area (Å²) in [4.78, 5) is 10.9. The second-order valence-corrected chi connectivity index (χ2v) is 3.83. The molecule has 0 radical (unpaired) electrons. The molecule has 1 unspecified atom stereocenters. The first-order valence-electron chi connectivity index (χ1n) is 4.23. The summed E-state index contributed by atoms with van der Waals surface area (Å²) in [6, 6.07) is 7.72. The summed E-state index contributed by atoms with van der Waals surface area (Å²) < 4.78 is 5.50. The molecule has 0 saturated heterocycles. The minimum absolute atomic E-state index is 0.0556. The van der Waals surface area contributed by atoms with Gasteiger partial charge < -0.3 is 10.1 Å². The molecule has 1 N–H and O–H groups in total. The van der Waals surface area contributed by atoms with Gasteiger partial charge in [0.15, 0.2) is 0 Å². The van der Waals surface area contributed by atoms with Crippen molar-refractivity contribution in [3.63, 3.8) is 0 Å². The molecule has 3 nitrogen and oxygen atoms in total. The number of ether oxygens (including phenoxy) is 1. The highest BCUT2D eigenvalue weighted by Gasteiger charge is 2.08. The Morgan fingerprint density at radius 1 is 1.57 bits per heavy atom. The minimum atomic E-state index is -0.419. The number of alkyl carbamates (subject to hydrolysis) is 1. The van der Waals surface area contributed by atoms with Crippen LogP contribution >= 0.6 is 15.9 Å². The Morgan fingerprint density at radius 3 is 2.86 bits per heavy atom. The Kier molecular flexibility index (Phi) is 3.95. The SMILES string of the molecule is COC(=O)NC(C)c1cccc(Br)c1. The van der Waals surface area contributed by atoms with Crippen LogP contribution in [0.15, 0.2) is 28.7 Å². The fraction of sp³-hybridized carbons (Fsp3) is 0.300. The number of carbonyl (C=O) groups is 1. The summed E-state index contributed by atoms with van der Waals surface area (Å²) in [6.07, 6.45) is -0.419. The molecule has 0 aliphatic carbocycles. The summed E-state index contributed by atoms with van der Waals surface area (Å²) in [5, 5.41) is 2.69. The molecule has 1 aromatic carbocycles. The van der Waals surface area contributed by atoms with Crippen LogP contribution in [0.4, 0.5) is 4.79 Å². The van der Waals surface area contributed by atoms with Crippen molar-refractivity contribution in [1.82, 2.24) is 5.32 Å². The average Bonchev–Trinajstić information content (AvgIpc) is 2.17. The molecule has 76 valence electrons. The van der Waals surface area contributed by atoms with Gasteiger partial charge in [0.1, 0.15) is 0 Å². The molecule has 0 aromatic heterocycles. The highest BCUT2D eigenvalue weighted by Crippen LogP contribution is 2.17. The number of rotatable bonds is 2. The van der Waals surface area contributed by atoms with E-state index in [2.05, 4.69) is 26.0 Å². The molecular formula is C10H12BrNO2. The maximum atomic E-state index is 10.9. The molecule has 0 saturated carbocycles. The Morgan fingerprint density at radius 2 is 2.29 bits per heavy atom. The van der Waals surface area contributed by atoms with Gasteiger partial charge in [0.2, 0.25) is 0 Å². The Bertz CT molecular complexity index is 328. The van der Waals surface area contributed by atoms with Crippen LogP contribution < -0.4 is 5.32 Å². The van der Waals surface area contributed by atoms with Gasteiger partial charge in [0, 0.05) is 4.47 Å². The minimum Gasteiger partial charge on any atom is -0.453 e. The molecule has 0 aliphatic rings. The molecule has 0 heterocycles. The standard InChI is InChI=1S/C10H12BrNO2/c1-7(12-10(13)14-2)8-4-3-5-9(11)6-8/h3-7H,1-2H3,(H,12,13).